The van der Waals surface area contributed by atoms with Crippen LogP contribution >= 0.6 is 22.6 Å². The number of rotatable bonds is 0. The highest BCUT2D eigenvalue weighted by molar-refractivity contribution is 14.1. The van der Waals surface area contributed by atoms with Gasteiger partial charge in [-0.2, -0.15) is 0 Å². The van der Waals surface area contributed by atoms with Crippen LogP contribution in [0.1, 0.15) is 27.9 Å². The molecule has 0 saturated carbocycles. The standard InChI is InChI=1S/C10H9IO/c1-6-4-7(11)5-9-8(6)2-3-10(9)12/h4-5H,2-3H2,1H3. The van der Waals surface area contributed by atoms with E-state index in [1.807, 2.05) is 6.07 Å². The summed E-state index contributed by atoms with van der Waals surface area (Å²) in [6.45, 7) is 2.08. The molecule has 0 atom stereocenters. The van der Waals surface area contributed by atoms with Crippen LogP contribution in [0.3, 0.4) is 0 Å². The highest BCUT2D eigenvalue weighted by Gasteiger charge is 2.20. The summed E-state index contributed by atoms with van der Waals surface area (Å²) in [5, 5.41) is 0. The minimum absolute atomic E-state index is 0.312. The lowest BCUT2D eigenvalue weighted by atomic mass is 10.1. The third kappa shape index (κ3) is 1.18. The lowest BCUT2D eigenvalue weighted by molar-refractivity contribution is 0.0994. The van der Waals surface area contributed by atoms with Crippen molar-refractivity contribution in [3.63, 3.8) is 0 Å². The molecule has 2 rings (SSSR count). The second-order valence-corrected chi connectivity index (χ2v) is 4.42. The van der Waals surface area contributed by atoms with Gasteiger partial charge in [-0.15, -0.1) is 0 Å². The van der Waals surface area contributed by atoms with Crippen LogP contribution in [0.4, 0.5) is 0 Å². The molecule has 2 heteroatoms. The summed E-state index contributed by atoms with van der Waals surface area (Å²) in [6, 6.07) is 4.14. The second-order valence-electron chi connectivity index (χ2n) is 3.17. The topological polar surface area (TPSA) is 17.1 Å². The van der Waals surface area contributed by atoms with E-state index in [1.54, 1.807) is 0 Å². The monoisotopic (exact) mass is 272 g/mol. The summed E-state index contributed by atoms with van der Waals surface area (Å²) in [5.74, 6) is 0.312. The number of Topliss-reactive ketones (excluding diaryl/α,β-unsaturated/α-hetero) is 1. The molecule has 62 valence electrons. The Bertz CT molecular complexity index is 355. The van der Waals surface area contributed by atoms with Gasteiger partial charge in [0.15, 0.2) is 5.78 Å². The van der Waals surface area contributed by atoms with Gasteiger partial charge in [0.25, 0.3) is 0 Å². The largest absolute Gasteiger partial charge is 0.294 e. The molecule has 0 bridgehead atoms. The molecule has 0 radical (unpaired) electrons. The third-order valence-corrected chi connectivity index (χ3v) is 2.96. The highest BCUT2D eigenvalue weighted by atomic mass is 127. The van der Waals surface area contributed by atoms with Gasteiger partial charge in [0.05, 0.1) is 0 Å². The van der Waals surface area contributed by atoms with Gasteiger partial charge < -0.3 is 0 Å². The first-order valence-electron chi connectivity index (χ1n) is 4.00. The smallest absolute Gasteiger partial charge is 0.163 e. The number of halogens is 1. The molecule has 1 aliphatic carbocycles. The van der Waals surface area contributed by atoms with Crippen molar-refractivity contribution < 1.29 is 4.79 Å². The van der Waals surface area contributed by atoms with Crippen molar-refractivity contribution in [1.82, 2.24) is 0 Å². The first kappa shape index (κ1) is 8.23. The Kier molecular flexibility index (Phi) is 1.94. The van der Waals surface area contributed by atoms with Gasteiger partial charge in [-0.3, -0.25) is 4.79 Å². The van der Waals surface area contributed by atoms with E-state index in [9.17, 15) is 4.79 Å². The fraction of sp³-hybridized carbons (Fsp3) is 0.300. The van der Waals surface area contributed by atoms with Gasteiger partial charge in [0, 0.05) is 15.6 Å². The second kappa shape index (κ2) is 2.83. The van der Waals surface area contributed by atoms with Crippen molar-refractivity contribution in [1.29, 1.82) is 0 Å². The van der Waals surface area contributed by atoms with E-state index < -0.39 is 0 Å². The third-order valence-electron chi connectivity index (χ3n) is 2.34. The average Bonchev–Trinajstić information content (AvgIpc) is 2.33. The molecule has 0 heterocycles. The summed E-state index contributed by atoms with van der Waals surface area (Å²) < 4.78 is 1.17. The van der Waals surface area contributed by atoms with Crippen molar-refractivity contribution >= 4 is 28.4 Å². The predicted octanol–water partition coefficient (Wildman–Crippen LogP) is 2.73. The molecule has 0 N–H and O–H groups in total. The van der Waals surface area contributed by atoms with Gasteiger partial charge in [-0.25, -0.2) is 0 Å². The summed E-state index contributed by atoms with van der Waals surface area (Å²) >= 11 is 2.26. The normalized spacial score (nSPS) is 15.0. The van der Waals surface area contributed by atoms with E-state index in [-0.39, 0.29) is 0 Å². The summed E-state index contributed by atoms with van der Waals surface area (Å²) in [4.78, 5) is 11.4. The van der Waals surface area contributed by atoms with Crippen LogP contribution in [-0.2, 0) is 6.42 Å². The van der Waals surface area contributed by atoms with E-state index in [0.717, 1.165) is 12.0 Å². The predicted molar refractivity (Wildman–Crippen MR) is 56.5 cm³/mol. The Hall–Kier alpha value is -0.380. The van der Waals surface area contributed by atoms with Crippen molar-refractivity contribution in [2.75, 3.05) is 0 Å². The maximum absolute atomic E-state index is 11.4. The van der Waals surface area contributed by atoms with Gasteiger partial charge >= 0.3 is 0 Å². The van der Waals surface area contributed by atoms with Crippen LogP contribution in [0.5, 0.6) is 0 Å². The zero-order chi connectivity index (χ0) is 8.72. The summed E-state index contributed by atoms with van der Waals surface area (Å²) in [5.41, 5.74) is 3.49. The van der Waals surface area contributed by atoms with E-state index in [2.05, 4.69) is 35.6 Å². The molecule has 0 fully saturated rings. The van der Waals surface area contributed by atoms with E-state index in [1.165, 1.54) is 14.7 Å². The first-order valence-corrected chi connectivity index (χ1v) is 5.08. The molecule has 0 amide bonds. The molecule has 1 nitrogen and oxygen atoms in total. The zero-order valence-corrected chi connectivity index (χ0v) is 9.01. The molecule has 0 spiro atoms. The van der Waals surface area contributed by atoms with Crippen LogP contribution in [0.15, 0.2) is 12.1 Å². The number of carbonyl (C=O) groups is 1. The molecule has 1 aliphatic rings. The van der Waals surface area contributed by atoms with Crippen LogP contribution in [0, 0.1) is 10.5 Å². The van der Waals surface area contributed by atoms with Crippen molar-refractivity contribution in [3.05, 3.63) is 32.4 Å². The van der Waals surface area contributed by atoms with Gasteiger partial charge in [-0.05, 0) is 59.2 Å². The Morgan fingerprint density at radius 1 is 1.33 bits per heavy atom. The fourth-order valence-corrected chi connectivity index (χ4v) is 2.51. The highest BCUT2D eigenvalue weighted by Crippen LogP contribution is 2.26. The number of ketones is 1. The number of carbonyl (C=O) groups excluding carboxylic acids is 1. The molecule has 0 aliphatic heterocycles. The van der Waals surface area contributed by atoms with E-state index in [4.69, 9.17) is 0 Å². The molecule has 0 saturated heterocycles. The molecule has 1 aromatic rings. The van der Waals surface area contributed by atoms with Crippen LogP contribution in [0.25, 0.3) is 0 Å². The molecular weight excluding hydrogens is 263 g/mol. The maximum atomic E-state index is 11.4. The van der Waals surface area contributed by atoms with Crippen LogP contribution in [0.2, 0.25) is 0 Å². The van der Waals surface area contributed by atoms with Crippen LogP contribution < -0.4 is 0 Å². The minimum Gasteiger partial charge on any atom is -0.294 e. The zero-order valence-electron chi connectivity index (χ0n) is 6.86. The molecular formula is C10H9IO. The Morgan fingerprint density at radius 3 is 2.83 bits per heavy atom. The number of hydrogen-bond acceptors (Lipinski definition) is 1. The van der Waals surface area contributed by atoms with E-state index in [0.29, 0.717) is 12.2 Å². The number of fused-ring (bicyclic) bond motifs is 1. The minimum atomic E-state index is 0.312. The lowest BCUT2D eigenvalue weighted by Crippen LogP contribution is -1.93. The Balaban J connectivity index is 2.68. The van der Waals surface area contributed by atoms with Gasteiger partial charge in [-0.1, -0.05) is 0 Å². The molecule has 12 heavy (non-hydrogen) atoms. The maximum Gasteiger partial charge on any atom is 0.163 e. The summed E-state index contributed by atoms with van der Waals surface area (Å²) in [6.07, 6.45) is 1.65. The van der Waals surface area contributed by atoms with Crippen molar-refractivity contribution in [3.8, 4) is 0 Å². The Labute approximate surface area is 85.3 Å². The van der Waals surface area contributed by atoms with Crippen molar-refractivity contribution in [2.45, 2.75) is 19.8 Å². The summed E-state index contributed by atoms with van der Waals surface area (Å²) in [7, 11) is 0. The molecule has 0 aromatic heterocycles. The Morgan fingerprint density at radius 2 is 2.08 bits per heavy atom. The first-order chi connectivity index (χ1) is 5.68. The SMILES string of the molecule is Cc1cc(I)cc2c1CCC2=O. The lowest BCUT2D eigenvalue weighted by Gasteiger charge is -2.02. The quantitative estimate of drug-likeness (QED) is 0.664. The number of hydrogen-bond donors (Lipinski definition) is 0. The number of aryl methyl sites for hydroxylation is 1. The fourth-order valence-electron chi connectivity index (χ4n) is 1.73. The van der Waals surface area contributed by atoms with Gasteiger partial charge in [0.2, 0.25) is 0 Å². The van der Waals surface area contributed by atoms with Crippen LogP contribution in [-0.4, -0.2) is 5.78 Å². The van der Waals surface area contributed by atoms with E-state index >= 15 is 0 Å². The van der Waals surface area contributed by atoms with Gasteiger partial charge in [0.1, 0.15) is 0 Å². The molecule has 0 unspecified atom stereocenters. The number of benzene rings is 1. The molecule has 1 aromatic carbocycles. The average molecular weight is 272 g/mol. The van der Waals surface area contributed by atoms with Crippen molar-refractivity contribution in [2.24, 2.45) is 0 Å².